The Labute approximate surface area is 129 Å². The molecule has 3 atom stereocenters. The van der Waals surface area contributed by atoms with E-state index >= 15 is 0 Å². The summed E-state index contributed by atoms with van der Waals surface area (Å²) in [5.74, 6) is 1.14. The molecule has 3 aliphatic carbocycles. The average Bonchev–Trinajstić information content (AvgIpc) is 2.53. The van der Waals surface area contributed by atoms with Crippen LogP contribution in [0.4, 0.5) is 0 Å². The van der Waals surface area contributed by atoms with Crippen molar-refractivity contribution < 1.29 is 4.79 Å². The van der Waals surface area contributed by atoms with Crippen LogP contribution >= 0.6 is 11.6 Å². The van der Waals surface area contributed by atoms with Crippen molar-refractivity contribution in [3.05, 3.63) is 69.7 Å². The Morgan fingerprint density at radius 3 is 2.67 bits per heavy atom. The van der Waals surface area contributed by atoms with Gasteiger partial charge in [-0.2, -0.15) is 0 Å². The zero-order chi connectivity index (χ0) is 14.4. The normalized spacial score (nSPS) is 25.1. The first-order chi connectivity index (χ1) is 10.3. The van der Waals surface area contributed by atoms with E-state index in [0.29, 0.717) is 17.8 Å². The maximum Gasteiger partial charge on any atom is 0.207 e. The summed E-state index contributed by atoms with van der Waals surface area (Å²) in [5.41, 5.74) is 5.45. The summed E-state index contributed by atoms with van der Waals surface area (Å²) in [7, 11) is 0. The second-order valence-corrected chi connectivity index (χ2v) is 6.33. The molecule has 0 saturated carbocycles. The second-order valence-electron chi connectivity index (χ2n) is 5.92. The molecule has 21 heavy (non-hydrogen) atoms. The van der Waals surface area contributed by atoms with Crippen LogP contribution in [-0.2, 0) is 4.79 Å². The molecule has 0 aliphatic heterocycles. The van der Waals surface area contributed by atoms with Crippen molar-refractivity contribution in [1.82, 2.24) is 5.32 Å². The molecule has 0 heterocycles. The molecule has 5 rings (SSSR count). The molecule has 0 spiro atoms. The van der Waals surface area contributed by atoms with Gasteiger partial charge in [-0.15, -0.1) is 0 Å². The molecule has 3 heteroatoms. The van der Waals surface area contributed by atoms with Gasteiger partial charge in [0.1, 0.15) is 0 Å². The lowest BCUT2D eigenvalue weighted by Crippen LogP contribution is -2.37. The number of rotatable bonds is 3. The summed E-state index contributed by atoms with van der Waals surface area (Å²) in [6.45, 7) is 0.727. The predicted octanol–water partition coefficient (Wildman–Crippen LogP) is 3.68. The zero-order valence-corrected chi connectivity index (χ0v) is 12.3. The lowest BCUT2D eigenvalue weighted by molar-refractivity contribution is -0.109. The maximum absolute atomic E-state index is 10.7. The molecule has 2 nitrogen and oxygen atoms in total. The Hall–Kier alpha value is -1.80. The summed E-state index contributed by atoms with van der Waals surface area (Å²) < 4.78 is 0. The van der Waals surface area contributed by atoms with Crippen molar-refractivity contribution in [2.45, 2.75) is 18.3 Å². The molecule has 0 radical (unpaired) electrons. The van der Waals surface area contributed by atoms with Gasteiger partial charge in [0.05, 0.1) is 0 Å². The highest BCUT2D eigenvalue weighted by Gasteiger charge is 2.43. The van der Waals surface area contributed by atoms with Gasteiger partial charge in [-0.3, -0.25) is 4.79 Å². The third-order valence-corrected chi connectivity index (χ3v) is 5.28. The Morgan fingerprint density at radius 2 is 1.86 bits per heavy atom. The molecular weight excluding hydrogens is 282 g/mol. The molecule has 106 valence electrons. The molecule has 2 bridgehead atoms. The van der Waals surface area contributed by atoms with Gasteiger partial charge < -0.3 is 5.32 Å². The predicted molar refractivity (Wildman–Crippen MR) is 83.8 cm³/mol. The fourth-order valence-corrected chi connectivity index (χ4v) is 4.53. The molecule has 1 amide bonds. The second kappa shape index (κ2) is 4.88. The minimum absolute atomic E-state index is 0.340. The molecule has 1 N–H and O–H groups in total. The van der Waals surface area contributed by atoms with Crippen LogP contribution in [0.5, 0.6) is 0 Å². The fraction of sp³-hybridized carbons (Fsp3) is 0.278. The summed E-state index contributed by atoms with van der Waals surface area (Å²) >= 11 is 6.48. The van der Waals surface area contributed by atoms with E-state index in [-0.39, 0.29) is 0 Å². The molecular formula is C18H16ClNO. The molecule has 0 fully saturated rings. The standard InChI is InChI=1S/C18H16ClNO/c19-16-7-3-6-14-17-11(9-20-10-21)8-15(18(14)16)12-4-1-2-5-13(12)17/h1-7,10-11,15,17H,8-9H2,(H,20,21). The van der Waals surface area contributed by atoms with Gasteiger partial charge in [-0.25, -0.2) is 0 Å². The first kappa shape index (κ1) is 12.9. The minimum atomic E-state index is 0.340. The Balaban J connectivity index is 1.89. The number of fused-ring (bicyclic) bond motifs is 1. The minimum Gasteiger partial charge on any atom is -0.358 e. The van der Waals surface area contributed by atoms with Gasteiger partial charge >= 0.3 is 0 Å². The van der Waals surface area contributed by atoms with Gasteiger partial charge in [0.15, 0.2) is 0 Å². The van der Waals surface area contributed by atoms with Crippen LogP contribution in [0.15, 0.2) is 42.5 Å². The first-order valence-corrected chi connectivity index (χ1v) is 7.73. The number of halogens is 1. The first-order valence-electron chi connectivity index (χ1n) is 7.35. The number of nitrogens with one attached hydrogen (secondary N) is 1. The van der Waals surface area contributed by atoms with Crippen LogP contribution in [-0.4, -0.2) is 13.0 Å². The molecule has 3 aliphatic rings. The van der Waals surface area contributed by atoms with Crippen LogP contribution in [0, 0.1) is 5.92 Å². The van der Waals surface area contributed by atoms with Crippen molar-refractivity contribution in [2.24, 2.45) is 5.92 Å². The summed E-state index contributed by atoms with van der Waals surface area (Å²) in [6, 6.07) is 14.9. The van der Waals surface area contributed by atoms with Crippen molar-refractivity contribution >= 4 is 18.0 Å². The Morgan fingerprint density at radius 1 is 1.10 bits per heavy atom. The molecule has 0 saturated heterocycles. The summed E-state index contributed by atoms with van der Waals surface area (Å²) in [6.07, 6.45) is 1.85. The zero-order valence-electron chi connectivity index (χ0n) is 11.6. The van der Waals surface area contributed by atoms with Crippen LogP contribution in [0.25, 0.3) is 0 Å². The quantitative estimate of drug-likeness (QED) is 0.860. The maximum atomic E-state index is 10.7. The Bertz CT molecular complexity index is 712. The number of amides is 1. The van der Waals surface area contributed by atoms with Gasteiger partial charge in [0.2, 0.25) is 6.41 Å². The third kappa shape index (κ3) is 1.82. The van der Waals surface area contributed by atoms with Crippen molar-refractivity contribution in [3.8, 4) is 0 Å². The van der Waals surface area contributed by atoms with Gasteiger partial charge in [-0.05, 0) is 40.7 Å². The molecule has 3 unspecified atom stereocenters. The van der Waals surface area contributed by atoms with E-state index < -0.39 is 0 Å². The number of hydrogen-bond donors (Lipinski definition) is 1. The van der Waals surface area contributed by atoms with Gasteiger partial charge in [0.25, 0.3) is 0 Å². The van der Waals surface area contributed by atoms with E-state index in [1.165, 1.54) is 22.3 Å². The monoisotopic (exact) mass is 297 g/mol. The number of benzene rings is 2. The van der Waals surface area contributed by atoms with Crippen molar-refractivity contribution in [3.63, 3.8) is 0 Å². The number of hydrogen-bond acceptors (Lipinski definition) is 1. The summed E-state index contributed by atoms with van der Waals surface area (Å²) in [5, 5.41) is 3.74. The highest BCUT2D eigenvalue weighted by Crippen LogP contribution is 2.56. The molecule has 2 aromatic rings. The van der Waals surface area contributed by atoms with Crippen LogP contribution in [0.3, 0.4) is 0 Å². The Kier molecular flexibility index (Phi) is 3.00. The fourth-order valence-electron chi connectivity index (χ4n) is 4.22. The summed E-state index contributed by atoms with van der Waals surface area (Å²) in [4.78, 5) is 10.7. The van der Waals surface area contributed by atoms with Crippen LogP contribution in [0.1, 0.15) is 40.5 Å². The van der Waals surface area contributed by atoms with E-state index in [2.05, 4.69) is 35.6 Å². The van der Waals surface area contributed by atoms with E-state index in [9.17, 15) is 4.79 Å². The topological polar surface area (TPSA) is 29.1 Å². The van der Waals surface area contributed by atoms with Crippen molar-refractivity contribution in [1.29, 1.82) is 0 Å². The largest absolute Gasteiger partial charge is 0.358 e. The highest BCUT2D eigenvalue weighted by molar-refractivity contribution is 6.31. The average molecular weight is 298 g/mol. The smallest absolute Gasteiger partial charge is 0.207 e. The number of carbonyl (C=O) groups is 1. The van der Waals surface area contributed by atoms with Gasteiger partial charge in [0, 0.05) is 23.4 Å². The van der Waals surface area contributed by atoms with Crippen LogP contribution in [0.2, 0.25) is 5.02 Å². The molecule has 2 aromatic carbocycles. The van der Waals surface area contributed by atoms with E-state index in [1.54, 1.807) is 0 Å². The number of carbonyl (C=O) groups excluding carboxylic acids is 1. The van der Waals surface area contributed by atoms with E-state index in [4.69, 9.17) is 11.6 Å². The highest BCUT2D eigenvalue weighted by atomic mass is 35.5. The van der Waals surface area contributed by atoms with Crippen LogP contribution < -0.4 is 5.32 Å². The third-order valence-electron chi connectivity index (χ3n) is 4.95. The molecule has 0 aromatic heterocycles. The van der Waals surface area contributed by atoms with Crippen molar-refractivity contribution in [2.75, 3.05) is 6.54 Å². The van der Waals surface area contributed by atoms with E-state index in [1.807, 2.05) is 12.1 Å². The lowest BCUT2D eigenvalue weighted by Gasteiger charge is -2.45. The SMILES string of the molecule is O=CNCC1CC2c3ccccc3C1c1cccc(Cl)c12. The lowest BCUT2D eigenvalue weighted by atomic mass is 9.59. The van der Waals surface area contributed by atoms with Gasteiger partial charge in [-0.1, -0.05) is 48.0 Å². The van der Waals surface area contributed by atoms with E-state index in [0.717, 1.165) is 24.4 Å².